The maximum absolute atomic E-state index is 2.38. The molecule has 0 N–H and O–H groups in total. The zero-order valence-corrected chi connectivity index (χ0v) is 31.2. The number of benzene rings is 8. The number of aryl methyl sites for hydroxylation is 2. The Bertz CT molecular complexity index is 2700. The van der Waals surface area contributed by atoms with Crippen molar-refractivity contribution in [3.63, 3.8) is 0 Å². The van der Waals surface area contributed by atoms with Gasteiger partial charge in [0.1, 0.15) is 0 Å². The fourth-order valence-electron chi connectivity index (χ4n) is 8.35. The van der Waals surface area contributed by atoms with E-state index in [1.54, 1.807) is 0 Å². The summed E-state index contributed by atoms with van der Waals surface area (Å²) in [6, 6.07) is 65.9. The quantitative estimate of drug-likeness (QED) is 0.161. The van der Waals surface area contributed by atoms with Crippen LogP contribution < -0.4 is 4.90 Å². The van der Waals surface area contributed by atoms with E-state index in [4.69, 9.17) is 0 Å². The van der Waals surface area contributed by atoms with Gasteiger partial charge >= 0.3 is 0 Å². The van der Waals surface area contributed by atoms with Crippen LogP contribution in [0.5, 0.6) is 0 Å². The van der Waals surface area contributed by atoms with E-state index in [9.17, 15) is 0 Å². The number of rotatable bonds is 7. The van der Waals surface area contributed by atoms with Gasteiger partial charge in [-0.05, 0) is 144 Å². The summed E-state index contributed by atoms with van der Waals surface area (Å²) in [7, 11) is 0. The topological polar surface area (TPSA) is 8.17 Å². The first-order valence-electron chi connectivity index (χ1n) is 18.8. The minimum atomic E-state index is 1.13. The van der Waals surface area contributed by atoms with Gasteiger partial charge in [0.2, 0.25) is 0 Å². The van der Waals surface area contributed by atoms with Gasteiger partial charge in [0, 0.05) is 33.5 Å². The van der Waals surface area contributed by atoms with Gasteiger partial charge in [-0.2, -0.15) is 0 Å². The molecule has 0 aliphatic rings. The van der Waals surface area contributed by atoms with Crippen molar-refractivity contribution in [1.29, 1.82) is 0 Å². The van der Waals surface area contributed by atoms with E-state index in [0.717, 1.165) is 17.1 Å². The Hall–Kier alpha value is -6.64. The molecule has 9 rings (SSSR count). The van der Waals surface area contributed by atoms with E-state index < -0.39 is 0 Å². The Kier molecular flexibility index (Phi) is 8.44. The number of fused-ring (bicyclic) bond motifs is 3. The van der Waals surface area contributed by atoms with Gasteiger partial charge in [-0.1, -0.05) is 121 Å². The highest BCUT2D eigenvalue weighted by molar-refractivity contribution is 6.09. The summed E-state index contributed by atoms with van der Waals surface area (Å²) in [5.74, 6) is 0. The largest absolute Gasteiger partial charge is 0.310 e. The van der Waals surface area contributed by atoms with Crippen molar-refractivity contribution in [1.82, 2.24) is 4.57 Å². The summed E-state index contributed by atoms with van der Waals surface area (Å²) in [5.41, 5.74) is 19.7. The van der Waals surface area contributed by atoms with E-state index in [0.29, 0.717) is 0 Å². The summed E-state index contributed by atoms with van der Waals surface area (Å²) in [5, 5.41) is 2.56. The lowest BCUT2D eigenvalue weighted by molar-refractivity contribution is 1.18. The van der Waals surface area contributed by atoms with E-state index >= 15 is 0 Å². The third-order valence-corrected chi connectivity index (χ3v) is 11.1. The van der Waals surface area contributed by atoms with E-state index in [2.05, 4.69) is 219 Å². The predicted octanol–water partition coefficient (Wildman–Crippen LogP) is 14.5. The predicted molar refractivity (Wildman–Crippen MR) is 231 cm³/mol. The number of nitrogens with zero attached hydrogens (tertiary/aromatic N) is 2. The number of para-hydroxylation sites is 3. The fourth-order valence-corrected chi connectivity index (χ4v) is 8.35. The highest BCUT2D eigenvalue weighted by atomic mass is 15.1. The molecule has 8 aromatic carbocycles. The first-order valence-corrected chi connectivity index (χ1v) is 18.8. The van der Waals surface area contributed by atoms with E-state index in [1.165, 1.54) is 83.1 Å². The molecule has 0 fully saturated rings. The zero-order chi connectivity index (χ0) is 36.8. The molecule has 0 amide bonds. The van der Waals surface area contributed by atoms with Gasteiger partial charge in [0.25, 0.3) is 0 Å². The number of anilines is 3. The molecule has 260 valence electrons. The molecule has 54 heavy (non-hydrogen) atoms. The molecule has 0 unspecified atom stereocenters. The molecule has 0 aliphatic carbocycles. The van der Waals surface area contributed by atoms with Gasteiger partial charge in [-0.3, -0.25) is 0 Å². The smallest absolute Gasteiger partial charge is 0.0541 e. The SMILES string of the molecule is Cc1cc(N(c2ccccc2)c2ccc(-c3ccccc3)cc2)cc(C)c1-c1ccc(-c2ccc(-n3c4ccccc4c4ccccc43)cc2)c(C)c1C. The molecule has 2 nitrogen and oxygen atoms in total. The van der Waals surface area contributed by atoms with Crippen molar-refractivity contribution in [2.75, 3.05) is 4.90 Å². The van der Waals surface area contributed by atoms with Crippen LogP contribution in [0.25, 0.3) is 60.9 Å². The lowest BCUT2D eigenvalue weighted by Crippen LogP contribution is -2.11. The lowest BCUT2D eigenvalue weighted by Gasteiger charge is -2.27. The Labute approximate surface area is 318 Å². The zero-order valence-electron chi connectivity index (χ0n) is 31.2. The highest BCUT2D eigenvalue weighted by Gasteiger charge is 2.19. The number of hydrogen-bond acceptors (Lipinski definition) is 1. The molecule has 0 atom stereocenters. The minimum Gasteiger partial charge on any atom is -0.310 e. The number of hydrogen-bond donors (Lipinski definition) is 0. The molecule has 0 bridgehead atoms. The Morgan fingerprint density at radius 2 is 0.833 bits per heavy atom. The first-order chi connectivity index (χ1) is 26.5. The van der Waals surface area contributed by atoms with Crippen LogP contribution in [0.4, 0.5) is 17.1 Å². The van der Waals surface area contributed by atoms with Crippen molar-refractivity contribution in [3.05, 3.63) is 204 Å². The van der Waals surface area contributed by atoms with Gasteiger partial charge in [-0.25, -0.2) is 0 Å². The van der Waals surface area contributed by atoms with E-state index in [1.807, 2.05) is 0 Å². The highest BCUT2D eigenvalue weighted by Crippen LogP contribution is 2.42. The van der Waals surface area contributed by atoms with Crippen molar-refractivity contribution in [2.45, 2.75) is 27.7 Å². The van der Waals surface area contributed by atoms with Crippen molar-refractivity contribution < 1.29 is 0 Å². The van der Waals surface area contributed by atoms with Gasteiger partial charge in [-0.15, -0.1) is 0 Å². The molecule has 0 aliphatic heterocycles. The molecule has 1 heterocycles. The van der Waals surface area contributed by atoms with Crippen LogP contribution in [0.3, 0.4) is 0 Å². The lowest BCUT2D eigenvalue weighted by atomic mass is 9.87. The maximum Gasteiger partial charge on any atom is 0.0541 e. The van der Waals surface area contributed by atoms with Gasteiger partial charge < -0.3 is 9.47 Å². The normalized spacial score (nSPS) is 11.3. The second-order valence-corrected chi connectivity index (χ2v) is 14.4. The molecule has 0 saturated heterocycles. The minimum absolute atomic E-state index is 1.13. The monoisotopic (exact) mass is 694 g/mol. The van der Waals surface area contributed by atoms with Crippen LogP contribution in [0.1, 0.15) is 22.3 Å². The third kappa shape index (κ3) is 5.77. The molecule has 0 saturated carbocycles. The molecule has 0 spiro atoms. The molecule has 9 aromatic rings. The van der Waals surface area contributed by atoms with E-state index in [-0.39, 0.29) is 0 Å². The van der Waals surface area contributed by atoms with Crippen LogP contribution >= 0.6 is 0 Å². The Balaban J connectivity index is 1.06. The van der Waals surface area contributed by atoms with Crippen molar-refractivity contribution in [3.8, 4) is 39.1 Å². The Morgan fingerprint density at radius 3 is 1.44 bits per heavy atom. The second kappa shape index (κ2) is 13.7. The number of aromatic nitrogens is 1. The average Bonchev–Trinajstić information content (AvgIpc) is 3.55. The molecule has 2 heteroatoms. The van der Waals surface area contributed by atoms with Crippen LogP contribution in [0.2, 0.25) is 0 Å². The van der Waals surface area contributed by atoms with Crippen LogP contribution in [-0.2, 0) is 0 Å². The van der Waals surface area contributed by atoms with Crippen molar-refractivity contribution in [2.24, 2.45) is 0 Å². The third-order valence-electron chi connectivity index (χ3n) is 11.1. The van der Waals surface area contributed by atoms with Gasteiger partial charge in [0.05, 0.1) is 11.0 Å². The van der Waals surface area contributed by atoms with Crippen LogP contribution in [-0.4, -0.2) is 4.57 Å². The Morgan fingerprint density at radius 1 is 0.370 bits per heavy atom. The maximum atomic E-state index is 2.38. The summed E-state index contributed by atoms with van der Waals surface area (Å²) >= 11 is 0. The summed E-state index contributed by atoms with van der Waals surface area (Å²) in [6.45, 7) is 9.05. The van der Waals surface area contributed by atoms with Gasteiger partial charge in [0.15, 0.2) is 0 Å². The first kappa shape index (κ1) is 33.2. The summed E-state index contributed by atoms with van der Waals surface area (Å²) in [6.07, 6.45) is 0. The molecular weight excluding hydrogens is 653 g/mol. The second-order valence-electron chi connectivity index (χ2n) is 14.4. The molecular formula is C52H42N2. The van der Waals surface area contributed by atoms with Crippen LogP contribution in [0, 0.1) is 27.7 Å². The molecule has 0 radical (unpaired) electrons. The summed E-state index contributed by atoms with van der Waals surface area (Å²) < 4.78 is 2.38. The summed E-state index contributed by atoms with van der Waals surface area (Å²) in [4.78, 5) is 2.36. The van der Waals surface area contributed by atoms with Crippen molar-refractivity contribution >= 4 is 38.9 Å². The van der Waals surface area contributed by atoms with Crippen LogP contribution in [0.15, 0.2) is 182 Å². The standard InChI is InChI=1S/C52H42N2/c1-35-33-45(53(42-17-9-6-10-18-42)43-27-23-40(24-28-43)39-15-7-5-8-16-39)34-36(2)52(35)47-32-31-46(37(3)38(47)4)41-25-29-44(30-26-41)54-50-21-13-11-19-48(50)49-20-12-14-22-51(49)54/h5-34H,1-4H3. The fraction of sp³-hybridized carbons (Fsp3) is 0.0769. The molecule has 1 aromatic heterocycles. The average molecular weight is 695 g/mol.